The van der Waals surface area contributed by atoms with E-state index in [1.807, 2.05) is 13.0 Å². The van der Waals surface area contributed by atoms with Crippen molar-refractivity contribution in [3.05, 3.63) is 30.2 Å². The number of hydrogen-bond acceptors (Lipinski definition) is 2. The molecular weight excluding hydrogens is 140 g/mol. The summed E-state index contributed by atoms with van der Waals surface area (Å²) >= 11 is 0. The number of carbonyl (C=O) groups is 1. The molecule has 0 unspecified atom stereocenters. The van der Waals surface area contributed by atoms with Crippen LogP contribution in [-0.4, -0.2) is 6.29 Å². The second-order valence-corrected chi connectivity index (χ2v) is 2.27. The van der Waals surface area contributed by atoms with Gasteiger partial charge >= 0.3 is 0 Å². The highest BCUT2D eigenvalue weighted by Gasteiger charge is 2.06. The average molecular weight is 150 g/mol. The SMILES string of the molecule is C=C(C=O)c1occc1CC. The van der Waals surface area contributed by atoms with E-state index in [2.05, 4.69) is 6.58 Å². The molecule has 0 saturated carbocycles. The Bertz CT molecular complexity index is 271. The molecule has 0 aliphatic heterocycles. The van der Waals surface area contributed by atoms with Crippen molar-refractivity contribution in [3.8, 4) is 0 Å². The van der Waals surface area contributed by atoms with Crippen molar-refractivity contribution in [2.75, 3.05) is 0 Å². The fourth-order valence-corrected chi connectivity index (χ4v) is 0.949. The Morgan fingerprint density at radius 2 is 2.55 bits per heavy atom. The van der Waals surface area contributed by atoms with E-state index in [0.717, 1.165) is 12.0 Å². The van der Waals surface area contributed by atoms with Gasteiger partial charge in [-0.05, 0) is 18.1 Å². The third-order valence-electron chi connectivity index (χ3n) is 1.56. The average Bonchev–Trinajstić information content (AvgIpc) is 2.50. The molecule has 11 heavy (non-hydrogen) atoms. The van der Waals surface area contributed by atoms with E-state index in [1.165, 1.54) is 0 Å². The van der Waals surface area contributed by atoms with E-state index in [1.54, 1.807) is 6.26 Å². The van der Waals surface area contributed by atoms with Crippen molar-refractivity contribution in [1.29, 1.82) is 0 Å². The molecule has 0 saturated heterocycles. The standard InChI is InChI=1S/C9H10O2/c1-3-8-4-5-11-9(8)7(2)6-10/h4-6H,2-3H2,1H3. The molecule has 0 aromatic carbocycles. The fourth-order valence-electron chi connectivity index (χ4n) is 0.949. The van der Waals surface area contributed by atoms with Gasteiger partial charge in [0.25, 0.3) is 0 Å². The monoisotopic (exact) mass is 150 g/mol. The molecule has 0 radical (unpaired) electrons. The smallest absolute Gasteiger partial charge is 0.153 e. The summed E-state index contributed by atoms with van der Waals surface area (Å²) in [6.45, 7) is 5.57. The number of furan rings is 1. The van der Waals surface area contributed by atoms with Crippen LogP contribution in [0.15, 0.2) is 23.3 Å². The molecular formula is C9H10O2. The molecule has 0 spiro atoms. The normalized spacial score (nSPS) is 9.55. The van der Waals surface area contributed by atoms with E-state index in [0.29, 0.717) is 17.6 Å². The Hall–Kier alpha value is -1.31. The van der Waals surface area contributed by atoms with Crippen LogP contribution in [0, 0.1) is 0 Å². The maximum Gasteiger partial charge on any atom is 0.153 e. The topological polar surface area (TPSA) is 30.2 Å². The minimum atomic E-state index is 0.409. The summed E-state index contributed by atoms with van der Waals surface area (Å²) in [7, 11) is 0. The number of carbonyl (C=O) groups excluding carboxylic acids is 1. The molecule has 1 heterocycles. The van der Waals surface area contributed by atoms with E-state index < -0.39 is 0 Å². The van der Waals surface area contributed by atoms with E-state index in [9.17, 15) is 4.79 Å². The quantitative estimate of drug-likeness (QED) is 0.487. The molecule has 0 aliphatic carbocycles. The third kappa shape index (κ3) is 1.40. The summed E-state index contributed by atoms with van der Waals surface area (Å²) < 4.78 is 5.08. The Balaban J connectivity index is 3.01. The highest BCUT2D eigenvalue weighted by molar-refractivity contribution is 6.04. The molecule has 0 fully saturated rings. The minimum absolute atomic E-state index is 0.409. The number of rotatable bonds is 3. The minimum Gasteiger partial charge on any atom is -0.464 e. The summed E-state index contributed by atoms with van der Waals surface area (Å²) in [5.74, 6) is 0.613. The van der Waals surface area contributed by atoms with Gasteiger partial charge in [0.2, 0.25) is 0 Å². The number of hydrogen-bond donors (Lipinski definition) is 0. The lowest BCUT2D eigenvalue weighted by Gasteiger charge is -1.94. The molecule has 0 atom stereocenters. The van der Waals surface area contributed by atoms with Gasteiger partial charge in [-0.1, -0.05) is 13.5 Å². The number of aldehydes is 1. The first kappa shape index (κ1) is 7.79. The van der Waals surface area contributed by atoms with Crippen molar-refractivity contribution in [1.82, 2.24) is 0 Å². The lowest BCUT2D eigenvalue weighted by molar-refractivity contribution is -0.103. The highest BCUT2D eigenvalue weighted by Crippen LogP contribution is 2.17. The molecule has 1 rings (SSSR count). The predicted molar refractivity (Wildman–Crippen MR) is 43.2 cm³/mol. The first-order valence-corrected chi connectivity index (χ1v) is 3.50. The zero-order valence-corrected chi connectivity index (χ0v) is 6.46. The van der Waals surface area contributed by atoms with E-state index in [4.69, 9.17) is 4.42 Å². The zero-order chi connectivity index (χ0) is 8.27. The van der Waals surface area contributed by atoms with Gasteiger partial charge in [-0.15, -0.1) is 0 Å². The van der Waals surface area contributed by atoms with Crippen molar-refractivity contribution in [3.63, 3.8) is 0 Å². The number of aryl methyl sites for hydroxylation is 1. The summed E-state index contributed by atoms with van der Waals surface area (Å²) in [6.07, 6.45) is 3.14. The summed E-state index contributed by atoms with van der Waals surface area (Å²) in [4.78, 5) is 10.3. The van der Waals surface area contributed by atoms with Crippen LogP contribution in [0.5, 0.6) is 0 Å². The van der Waals surface area contributed by atoms with Crippen LogP contribution in [0.4, 0.5) is 0 Å². The third-order valence-corrected chi connectivity index (χ3v) is 1.56. The lowest BCUT2D eigenvalue weighted by atomic mass is 10.1. The van der Waals surface area contributed by atoms with Gasteiger partial charge in [0.15, 0.2) is 6.29 Å². The van der Waals surface area contributed by atoms with Crippen molar-refractivity contribution in [2.45, 2.75) is 13.3 Å². The molecule has 0 bridgehead atoms. The maximum absolute atomic E-state index is 10.3. The predicted octanol–water partition coefficient (Wildman–Crippen LogP) is 2.05. The Labute approximate surface area is 65.5 Å². The largest absolute Gasteiger partial charge is 0.464 e. The molecule has 2 heteroatoms. The maximum atomic E-state index is 10.3. The van der Waals surface area contributed by atoms with E-state index in [-0.39, 0.29) is 0 Å². The zero-order valence-electron chi connectivity index (χ0n) is 6.46. The van der Waals surface area contributed by atoms with Crippen LogP contribution in [0.3, 0.4) is 0 Å². The van der Waals surface area contributed by atoms with Gasteiger partial charge in [-0.3, -0.25) is 4.79 Å². The second kappa shape index (κ2) is 3.19. The number of allylic oxidation sites excluding steroid dienone is 1. The second-order valence-electron chi connectivity index (χ2n) is 2.27. The van der Waals surface area contributed by atoms with Gasteiger partial charge in [-0.2, -0.15) is 0 Å². The van der Waals surface area contributed by atoms with Crippen molar-refractivity contribution in [2.24, 2.45) is 0 Å². The fraction of sp³-hybridized carbons (Fsp3) is 0.222. The van der Waals surface area contributed by atoms with Gasteiger partial charge < -0.3 is 4.42 Å². The van der Waals surface area contributed by atoms with Crippen molar-refractivity contribution < 1.29 is 9.21 Å². The van der Waals surface area contributed by atoms with Gasteiger partial charge in [0, 0.05) is 0 Å². The summed E-state index contributed by atoms with van der Waals surface area (Å²) in [6, 6.07) is 1.85. The Morgan fingerprint density at radius 1 is 1.82 bits per heavy atom. The summed E-state index contributed by atoms with van der Waals surface area (Å²) in [5.41, 5.74) is 1.44. The van der Waals surface area contributed by atoms with Crippen LogP contribution in [0.25, 0.3) is 5.57 Å². The van der Waals surface area contributed by atoms with Crippen LogP contribution < -0.4 is 0 Å². The van der Waals surface area contributed by atoms with Crippen LogP contribution in [-0.2, 0) is 11.2 Å². The first-order chi connectivity index (χ1) is 5.29. The van der Waals surface area contributed by atoms with Gasteiger partial charge in [0.1, 0.15) is 5.76 Å². The molecule has 1 aromatic rings. The molecule has 1 aromatic heterocycles. The van der Waals surface area contributed by atoms with Gasteiger partial charge in [0.05, 0.1) is 11.8 Å². The molecule has 58 valence electrons. The lowest BCUT2D eigenvalue weighted by Crippen LogP contribution is -1.86. The summed E-state index contributed by atoms with van der Waals surface area (Å²) in [5, 5.41) is 0. The Kier molecular flexibility index (Phi) is 2.26. The van der Waals surface area contributed by atoms with Crippen molar-refractivity contribution >= 4 is 11.9 Å². The molecule has 0 amide bonds. The Morgan fingerprint density at radius 3 is 3.09 bits per heavy atom. The van der Waals surface area contributed by atoms with Crippen LogP contribution in [0.2, 0.25) is 0 Å². The van der Waals surface area contributed by atoms with Gasteiger partial charge in [-0.25, -0.2) is 0 Å². The van der Waals surface area contributed by atoms with Crippen LogP contribution in [0.1, 0.15) is 18.2 Å². The first-order valence-electron chi connectivity index (χ1n) is 3.50. The van der Waals surface area contributed by atoms with E-state index >= 15 is 0 Å². The molecule has 2 nitrogen and oxygen atoms in total. The van der Waals surface area contributed by atoms with Crippen LogP contribution >= 0.6 is 0 Å². The molecule has 0 aliphatic rings. The molecule has 0 N–H and O–H groups in total. The highest BCUT2D eigenvalue weighted by atomic mass is 16.3.